The second-order valence-corrected chi connectivity index (χ2v) is 7.99. The van der Waals surface area contributed by atoms with Gasteiger partial charge in [-0.3, -0.25) is 4.79 Å². The van der Waals surface area contributed by atoms with Gasteiger partial charge in [-0.15, -0.1) is 0 Å². The van der Waals surface area contributed by atoms with Gasteiger partial charge in [-0.1, -0.05) is 6.07 Å². The van der Waals surface area contributed by atoms with Crippen molar-refractivity contribution in [2.24, 2.45) is 0 Å². The molecular formula is C19H31N3O3. The maximum Gasteiger partial charge on any atom is 0.410 e. The summed E-state index contributed by atoms with van der Waals surface area (Å²) in [6.45, 7) is 14.1. The summed E-state index contributed by atoms with van der Waals surface area (Å²) in [5.74, 6) is -0.110. The Labute approximate surface area is 150 Å². The van der Waals surface area contributed by atoms with Gasteiger partial charge in [-0.05, 0) is 59.7 Å². The van der Waals surface area contributed by atoms with Crippen LogP contribution in [0.5, 0.6) is 0 Å². The molecule has 0 aliphatic rings. The zero-order valence-electron chi connectivity index (χ0n) is 16.4. The van der Waals surface area contributed by atoms with Crippen LogP contribution in [0.2, 0.25) is 0 Å². The van der Waals surface area contributed by atoms with Gasteiger partial charge in [0.05, 0.1) is 0 Å². The summed E-state index contributed by atoms with van der Waals surface area (Å²) in [6, 6.07) is 7.47. The van der Waals surface area contributed by atoms with Crippen LogP contribution < -0.4 is 10.6 Å². The fraction of sp³-hybridized carbons (Fsp3) is 0.579. The number of carbonyl (C=O) groups is 2. The number of hydrogen-bond donors (Lipinski definition) is 2. The van der Waals surface area contributed by atoms with Gasteiger partial charge >= 0.3 is 6.09 Å². The molecule has 0 saturated heterocycles. The van der Waals surface area contributed by atoms with Crippen LogP contribution in [0.15, 0.2) is 24.3 Å². The molecule has 6 nitrogen and oxygen atoms in total. The van der Waals surface area contributed by atoms with E-state index in [1.807, 2.05) is 65.8 Å². The predicted octanol–water partition coefficient (Wildman–Crippen LogP) is 4.09. The highest BCUT2D eigenvalue weighted by Gasteiger charge is 2.30. The summed E-state index contributed by atoms with van der Waals surface area (Å²) >= 11 is 0. The Morgan fingerprint density at radius 1 is 1.08 bits per heavy atom. The summed E-state index contributed by atoms with van der Waals surface area (Å²) in [4.78, 5) is 25.3. The number of benzene rings is 1. The third-order valence-corrected chi connectivity index (χ3v) is 3.27. The van der Waals surface area contributed by atoms with E-state index in [1.54, 1.807) is 4.90 Å². The van der Waals surface area contributed by atoms with E-state index in [0.717, 1.165) is 11.4 Å². The van der Waals surface area contributed by atoms with Gasteiger partial charge in [-0.2, -0.15) is 0 Å². The highest BCUT2D eigenvalue weighted by atomic mass is 16.6. The van der Waals surface area contributed by atoms with E-state index in [2.05, 4.69) is 10.6 Å². The van der Waals surface area contributed by atoms with Gasteiger partial charge in [0.2, 0.25) is 5.91 Å². The maximum atomic E-state index is 12.5. The van der Waals surface area contributed by atoms with Crippen molar-refractivity contribution >= 4 is 23.4 Å². The second-order valence-electron chi connectivity index (χ2n) is 7.99. The first-order valence-electron chi connectivity index (χ1n) is 8.50. The summed E-state index contributed by atoms with van der Waals surface area (Å²) < 4.78 is 5.50. The fourth-order valence-electron chi connectivity index (χ4n) is 2.24. The Bertz CT molecular complexity index is 601. The first kappa shape index (κ1) is 20.8. The standard InChI is InChI=1S/C19H31N3O3/c1-14(23)21-16-10-8-9-15(13-16)20-11-12-22(18(2,3)4)17(24)25-19(5,6)7/h8-10,13,20H,11-12H2,1-7H3,(H,21,23). The Morgan fingerprint density at radius 3 is 2.20 bits per heavy atom. The highest BCUT2D eigenvalue weighted by Crippen LogP contribution is 2.19. The average molecular weight is 349 g/mol. The molecule has 140 valence electrons. The molecule has 2 N–H and O–H groups in total. The topological polar surface area (TPSA) is 70.7 Å². The molecular weight excluding hydrogens is 318 g/mol. The van der Waals surface area contributed by atoms with Crippen molar-refractivity contribution in [1.82, 2.24) is 4.90 Å². The van der Waals surface area contributed by atoms with Gasteiger partial charge in [0.1, 0.15) is 5.60 Å². The van der Waals surface area contributed by atoms with Crippen LogP contribution in [-0.4, -0.2) is 41.1 Å². The Kier molecular flexibility index (Phi) is 6.85. The molecule has 0 radical (unpaired) electrons. The first-order valence-corrected chi connectivity index (χ1v) is 8.50. The molecule has 0 heterocycles. The molecule has 0 aliphatic heterocycles. The number of ether oxygens (including phenoxy) is 1. The molecule has 25 heavy (non-hydrogen) atoms. The van der Waals surface area contributed by atoms with Crippen LogP contribution in [0.3, 0.4) is 0 Å². The first-order chi connectivity index (χ1) is 11.4. The molecule has 1 aromatic rings. The minimum absolute atomic E-state index is 0.110. The quantitative estimate of drug-likeness (QED) is 0.840. The lowest BCUT2D eigenvalue weighted by Gasteiger charge is -2.37. The van der Waals surface area contributed by atoms with Crippen LogP contribution in [-0.2, 0) is 9.53 Å². The van der Waals surface area contributed by atoms with Crippen LogP contribution in [0.4, 0.5) is 16.2 Å². The Hall–Kier alpha value is -2.24. The molecule has 0 fully saturated rings. The number of rotatable bonds is 5. The lowest BCUT2D eigenvalue weighted by atomic mass is 10.1. The number of hydrogen-bond acceptors (Lipinski definition) is 4. The zero-order valence-corrected chi connectivity index (χ0v) is 16.4. The molecule has 1 aromatic carbocycles. The van der Waals surface area contributed by atoms with Crippen molar-refractivity contribution in [3.63, 3.8) is 0 Å². The van der Waals surface area contributed by atoms with Gasteiger partial charge in [0.25, 0.3) is 0 Å². The van der Waals surface area contributed by atoms with Gasteiger partial charge in [0, 0.05) is 36.9 Å². The number of nitrogens with zero attached hydrogens (tertiary/aromatic N) is 1. The maximum absolute atomic E-state index is 12.5. The summed E-state index contributed by atoms with van der Waals surface area (Å²) in [7, 11) is 0. The van der Waals surface area contributed by atoms with Crippen molar-refractivity contribution in [3.8, 4) is 0 Å². The predicted molar refractivity (Wildman–Crippen MR) is 102 cm³/mol. The van der Waals surface area contributed by atoms with E-state index in [0.29, 0.717) is 13.1 Å². The molecule has 2 amide bonds. The van der Waals surface area contributed by atoms with Crippen molar-refractivity contribution < 1.29 is 14.3 Å². The van der Waals surface area contributed by atoms with E-state index in [1.165, 1.54) is 6.92 Å². The van der Waals surface area contributed by atoms with Crippen LogP contribution in [0.1, 0.15) is 48.5 Å². The molecule has 0 unspecified atom stereocenters. The van der Waals surface area contributed by atoms with Gasteiger partial charge < -0.3 is 20.3 Å². The Balaban J connectivity index is 2.69. The molecule has 6 heteroatoms. The zero-order chi connectivity index (χ0) is 19.3. The lowest BCUT2D eigenvalue weighted by Crippen LogP contribution is -2.49. The normalized spacial score (nSPS) is 11.6. The summed E-state index contributed by atoms with van der Waals surface area (Å²) in [6.07, 6.45) is -0.325. The molecule has 0 aromatic heterocycles. The molecule has 0 saturated carbocycles. The molecule has 0 bridgehead atoms. The fourth-order valence-corrected chi connectivity index (χ4v) is 2.24. The SMILES string of the molecule is CC(=O)Nc1cccc(NCCN(C(=O)OC(C)(C)C)C(C)(C)C)c1. The molecule has 0 atom stereocenters. The van der Waals surface area contributed by atoms with Crippen molar-refractivity contribution in [2.75, 3.05) is 23.7 Å². The number of carbonyl (C=O) groups excluding carboxylic acids is 2. The van der Waals surface area contributed by atoms with Crippen molar-refractivity contribution in [2.45, 2.75) is 59.6 Å². The van der Waals surface area contributed by atoms with Crippen LogP contribution in [0, 0.1) is 0 Å². The van der Waals surface area contributed by atoms with Gasteiger partial charge in [-0.25, -0.2) is 4.79 Å². The summed E-state index contributed by atoms with van der Waals surface area (Å²) in [5.41, 5.74) is 0.740. The van der Waals surface area contributed by atoms with Gasteiger partial charge in [0.15, 0.2) is 0 Å². The smallest absolute Gasteiger partial charge is 0.410 e. The lowest BCUT2D eigenvalue weighted by molar-refractivity contribution is -0.114. The summed E-state index contributed by atoms with van der Waals surface area (Å²) in [5, 5.41) is 6.03. The minimum Gasteiger partial charge on any atom is -0.444 e. The third-order valence-electron chi connectivity index (χ3n) is 3.27. The van der Waals surface area contributed by atoms with Crippen molar-refractivity contribution in [1.29, 1.82) is 0 Å². The molecule has 1 rings (SSSR count). The van der Waals surface area contributed by atoms with E-state index < -0.39 is 5.60 Å². The van der Waals surface area contributed by atoms with Crippen molar-refractivity contribution in [3.05, 3.63) is 24.3 Å². The number of nitrogens with one attached hydrogen (secondary N) is 2. The van der Waals surface area contributed by atoms with E-state index in [-0.39, 0.29) is 17.5 Å². The number of amides is 2. The molecule has 0 aliphatic carbocycles. The van der Waals surface area contributed by atoms with E-state index in [9.17, 15) is 9.59 Å². The highest BCUT2D eigenvalue weighted by molar-refractivity contribution is 5.89. The van der Waals surface area contributed by atoms with Crippen LogP contribution >= 0.6 is 0 Å². The van der Waals surface area contributed by atoms with Crippen LogP contribution in [0.25, 0.3) is 0 Å². The Morgan fingerprint density at radius 2 is 1.68 bits per heavy atom. The van der Waals surface area contributed by atoms with E-state index >= 15 is 0 Å². The third kappa shape index (κ3) is 7.92. The average Bonchev–Trinajstić information content (AvgIpc) is 2.39. The monoisotopic (exact) mass is 349 g/mol. The largest absolute Gasteiger partial charge is 0.444 e. The second kappa shape index (κ2) is 8.23. The molecule has 0 spiro atoms. The number of anilines is 2. The van der Waals surface area contributed by atoms with E-state index in [4.69, 9.17) is 4.74 Å². The minimum atomic E-state index is -0.527.